The highest BCUT2D eigenvalue weighted by atomic mass is 15.4. The molecule has 1 atom stereocenters. The lowest BCUT2D eigenvalue weighted by molar-refractivity contribution is 0.142. The van der Waals surface area contributed by atoms with E-state index in [9.17, 15) is 0 Å². The van der Waals surface area contributed by atoms with Gasteiger partial charge >= 0.3 is 0 Å². The van der Waals surface area contributed by atoms with Crippen LogP contribution < -0.4 is 0 Å². The predicted octanol–water partition coefficient (Wildman–Crippen LogP) is 6.14. The van der Waals surface area contributed by atoms with E-state index in [1.807, 2.05) is 0 Å². The second-order valence-corrected chi connectivity index (χ2v) is 6.82. The van der Waals surface area contributed by atoms with E-state index in [4.69, 9.17) is 0 Å². The van der Waals surface area contributed by atoms with E-state index < -0.39 is 0 Å². The fourth-order valence-electron chi connectivity index (χ4n) is 3.44. The average Bonchev–Trinajstić information content (AvgIpc) is 2.92. The number of hydrogen-bond donors (Lipinski definition) is 0. The van der Waals surface area contributed by atoms with E-state index in [2.05, 4.69) is 43.0 Å². The van der Waals surface area contributed by atoms with Crippen molar-refractivity contribution in [2.75, 3.05) is 13.1 Å². The summed E-state index contributed by atoms with van der Waals surface area (Å²) in [6.07, 6.45) is 22.0. The van der Waals surface area contributed by atoms with Gasteiger partial charge in [-0.05, 0) is 26.2 Å². The van der Waals surface area contributed by atoms with Crippen molar-refractivity contribution in [3.05, 3.63) is 12.4 Å². The van der Waals surface area contributed by atoms with Gasteiger partial charge in [-0.3, -0.25) is 0 Å². The van der Waals surface area contributed by atoms with Crippen molar-refractivity contribution in [1.82, 2.24) is 9.80 Å². The predicted molar refractivity (Wildman–Crippen MR) is 98.8 cm³/mol. The molecule has 0 radical (unpaired) electrons. The van der Waals surface area contributed by atoms with Crippen LogP contribution in [0.3, 0.4) is 0 Å². The molecule has 0 aliphatic carbocycles. The largest absolute Gasteiger partial charge is 0.356 e. The summed E-state index contributed by atoms with van der Waals surface area (Å²) in [5.74, 6) is 0. The Kier molecular flexibility index (Phi) is 11.3. The van der Waals surface area contributed by atoms with Crippen molar-refractivity contribution in [2.45, 2.75) is 104 Å². The van der Waals surface area contributed by atoms with E-state index in [1.54, 1.807) is 0 Å². The van der Waals surface area contributed by atoms with E-state index >= 15 is 0 Å². The Morgan fingerprint density at radius 3 is 1.82 bits per heavy atom. The van der Waals surface area contributed by atoms with E-state index in [1.165, 1.54) is 83.6 Å². The van der Waals surface area contributed by atoms with Crippen molar-refractivity contribution >= 4 is 0 Å². The molecule has 1 rings (SSSR count). The van der Waals surface area contributed by atoms with Gasteiger partial charge < -0.3 is 9.80 Å². The van der Waals surface area contributed by atoms with Crippen molar-refractivity contribution < 1.29 is 0 Å². The molecule has 0 bridgehead atoms. The Morgan fingerprint density at radius 1 is 0.636 bits per heavy atom. The first-order valence-electron chi connectivity index (χ1n) is 10.0. The minimum Gasteiger partial charge on any atom is -0.356 e. The molecule has 0 saturated carbocycles. The molecule has 0 amide bonds. The Labute approximate surface area is 139 Å². The molecule has 2 heteroatoms. The fourth-order valence-corrected chi connectivity index (χ4v) is 3.44. The van der Waals surface area contributed by atoms with Gasteiger partial charge in [0.25, 0.3) is 0 Å². The lowest BCUT2D eigenvalue weighted by atomic mass is 10.1. The van der Waals surface area contributed by atoms with Crippen LogP contribution in [0.15, 0.2) is 12.4 Å². The number of nitrogens with zero attached hydrogens (tertiary/aromatic N) is 2. The third-order valence-corrected chi connectivity index (χ3v) is 4.92. The highest BCUT2D eigenvalue weighted by molar-refractivity contribution is 4.96. The van der Waals surface area contributed by atoms with Crippen LogP contribution in [0.25, 0.3) is 0 Å². The minimum absolute atomic E-state index is 0.641. The Hall–Kier alpha value is -0.660. The van der Waals surface area contributed by atoms with Crippen molar-refractivity contribution in [1.29, 1.82) is 0 Å². The first kappa shape index (κ1) is 19.4. The van der Waals surface area contributed by atoms with Gasteiger partial charge in [-0.15, -0.1) is 0 Å². The van der Waals surface area contributed by atoms with Gasteiger partial charge in [0.2, 0.25) is 0 Å². The molecule has 130 valence electrons. The van der Waals surface area contributed by atoms with Gasteiger partial charge in [0.05, 0.1) is 0 Å². The van der Waals surface area contributed by atoms with Crippen molar-refractivity contribution in [2.24, 2.45) is 0 Å². The number of unbranched alkanes of at least 4 members (excludes halogenated alkanes) is 9. The maximum atomic E-state index is 2.58. The normalized spacial score (nSPS) is 17.7. The molecule has 1 aliphatic rings. The SMILES string of the molecule is CCCCCCCCCCC1N(CC)C=CN1CCCCC. The summed E-state index contributed by atoms with van der Waals surface area (Å²) in [5.41, 5.74) is 0. The summed E-state index contributed by atoms with van der Waals surface area (Å²) in [7, 11) is 0. The molecular formula is C20H40N2. The van der Waals surface area contributed by atoms with Gasteiger partial charge in [0.15, 0.2) is 0 Å². The zero-order valence-corrected chi connectivity index (χ0v) is 15.5. The standard InChI is InChI=1S/C20H40N2/c1-4-7-9-10-11-12-13-14-16-20-21(6-3)18-19-22(20)17-15-8-5-2/h18-20H,4-17H2,1-3H3. The quantitative estimate of drug-likeness (QED) is 0.355. The molecule has 0 aromatic rings. The molecule has 1 unspecified atom stereocenters. The molecule has 1 heterocycles. The van der Waals surface area contributed by atoms with Crippen LogP contribution in [-0.4, -0.2) is 29.1 Å². The van der Waals surface area contributed by atoms with Gasteiger partial charge in [0.1, 0.15) is 6.17 Å². The molecule has 0 aromatic heterocycles. The fraction of sp³-hybridized carbons (Fsp3) is 0.900. The van der Waals surface area contributed by atoms with Gasteiger partial charge in [0, 0.05) is 25.5 Å². The zero-order chi connectivity index (χ0) is 16.0. The first-order chi connectivity index (χ1) is 10.8. The highest BCUT2D eigenvalue weighted by Gasteiger charge is 2.23. The van der Waals surface area contributed by atoms with Gasteiger partial charge in [-0.2, -0.15) is 0 Å². The molecular weight excluding hydrogens is 268 g/mol. The van der Waals surface area contributed by atoms with E-state index in [-0.39, 0.29) is 0 Å². The molecule has 0 saturated heterocycles. The summed E-state index contributed by atoms with van der Waals surface area (Å²) in [6, 6.07) is 0. The lowest BCUT2D eigenvalue weighted by Crippen LogP contribution is -2.38. The zero-order valence-electron chi connectivity index (χ0n) is 15.5. The molecule has 2 nitrogen and oxygen atoms in total. The third-order valence-electron chi connectivity index (χ3n) is 4.92. The summed E-state index contributed by atoms with van der Waals surface area (Å²) in [5, 5.41) is 0. The summed E-state index contributed by atoms with van der Waals surface area (Å²) < 4.78 is 0. The highest BCUT2D eigenvalue weighted by Crippen LogP contribution is 2.22. The number of hydrogen-bond acceptors (Lipinski definition) is 2. The Bertz CT molecular complexity index is 275. The van der Waals surface area contributed by atoms with Crippen molar-refractivity contribution in [3.8, 4) is 0 Å². The van der Waals surface area contributed by atoms with Gasteiger partial charge in [-0.1, -0.05) is 71.6 Å². The molecule has 0 aromatic carbocycles. The van der Waals surface area contributed by atoms with Crippen LogP contribution in [0.1, 0.15) is 97.8 Å². The van der Waals surface area contributed by atoms with Crippen LogP contribution in [0.5, 0.6) is 0 Å². The van der Waals surface area contributed by atoms with E-state index in [0.717, 1.165) is 6.54 Å². The number of rotatable bonds is 14. The maximum absolute atomic E-state index is 2.58. The van der Waals surface area contributed by atoms with Crippen molar-refractivity contribution in [3.63, 3.8) is 0 Å². The minimum atomic E-state index is 0.641. The Balaban J connectivity index is 2.14. The third kappa shape index (κ3) is 7.56. The second kappa shape index (κ2) is 12.8. The smallest absolute Gasteiger partial charge is 0.101 e. The maximum Gasteiger partial charge on any atom is 0.101 e. The summed E-state index contributed by atoms with van der Waals surface area (Å²) in [6.45, 7) is 9.24. The summed E-state index contributed by atoms with van der Waals surface area (Å²) >= 11 is 0. The topological polar surface area (TPSA) is 6.48 Å². The van der Waals surface area contributed by atoms with E-state index in [0.29, 0.717) is 6.17 Å². The lowest BCUT2D eigenvalue weighted by Gasteiger charge is -2.32. The van der Waals surface area contributed by atoms with Gasteiger partial charge in [-0.25, -0.2) is 0 Å². The molecule has 22 heavy (non-hydrogen) atoms. The molecule has 0 N–H and O–H groups in total. The van der Waals surface area contributed by atoms with Crippen LogP contribution in [0, 0.1) is 0 Å². The van der Waals surface area contributed by atoms with Crippen LogP contribution >= 0.6 is 0 Å². The first-order valence-corrected chi connectivity index (χ1v) is 10.0. The molecule has 1 aliphatic heterocycles. The van der Waals surface area contributed by atoms with Crippen LogP contribution in [0.4, 0.5) is 0 Å². The molecule has 0 spiro atoms. The Morgan fingerprint density at radius 2 is 1.18 bits per heavy atom. The average molecular weight is 309 g/mol. The second-order valence-electron chi connectivity index (χ2n) is 6.82. The summed E-state index contributed by atoms with van der Waals surface area (Å²) in [4.78, 5) is 5.10. The monoisotopic (exact) mass is 308 g/mol. The van der Waals surface area contributed by atoms with Crippen LogP contribution in [-0.2, 0) is 0 Å². The molecule has 0 fully saturated rings. The van der Waals surface area contributed by atoms with Crippen LogP contribution in [0.2, 0.25) is 0 Å².